The second-order valence-electron chi connectivity index (χ2n) is 5.90. The van der Waals surface area contributed by atoms with Crippen molar-refractivity contribution < 1.29 is 4.74 Å². The molecule has 0 saturated heterocycles. The van der Waals surface area contributed by atoms with Crippen LogP contribution >= 0.6 is 12.2 Å². The highest BCUT2D eigenvalue weighted by atomic mass is 32.1. The van der Waals surface area contributed by atoms with E-state index in [0.717, 1.165) is 35.3 Å². The molecule has 0 radical (unpaired) electrons. The van der Waals surface area contributed by atoms with Crippen LogP contribution in [0, 0.1) is 0 Å². The molecule has 1 N–H and O–H groups in total. The van der Waals surface area contributed by atoms with Crippen molar-refractivity contribution in [2.45, 2.75) is 6.42 Å². The lowest BCUT2D eigenvalue weighted by molar-refractivity contribution is 0.483. The number of rotatable bonds is 3. The lowest BCUT2D eigenvalue weighted by Gasteiger charge is -2.21. The van der Waals surface area contributed by atoms with Crippen LogP contribution in [-0.4, -0.2) is 11.7 Å². The van der Waals surface area contributed by atoms with Crippen LogP contribution in [-0.2, 0) is 6.42 Å². The number of thiocarbonyl (C=S) groups is 1. The summed E-state index contributed by atoms with van der Waals surface area (Å²) < 4.78 is 5.81. The van der Waals surface area contributed by atoms with Crippen LogP contribution in [0.2, 0.25) is 0 Å². The SMILES string of the molecule is S=C(Nc1ccc(Oc2ccccc2)cc1)N1CCc2ccccc21. The van der Waals surface area contributed by atoms with Gasteiger partial charge in [0.15, 0.2) is 5.11 Å². The van der Waals surface area contributed by atoms with Crippen LogP contribution in [0.3, 0.4) is 0 Å². The van der Waals surface area contributed by atoms with Gasteiger partial charge in [0.25, 0.3) is 0 Å². The van der Waals surface area contributed by atoms with E-state index in [0.29, 0.717) is 0 Å². The molecule has 1 aliphatic heterocycles. The van der Waals surface area contributed by atoms with Gasteiger partial charge in [0.1, 0.15) is 11.5 Å². The molecule has 1 heterocycles. The van der Waals surface area contributed by atoms with Gasteiger partial charge in [-0.2, -0.15) is 0 Å². The Morgan fingerprint density at radius 1 is 0.840 bits per heavy atom. The summed E-state index contributed by atoms with van der Waals surface area (Å²) in [5.74, 6) is 1.63. The Morgan fingerprint density at radius 3 is 2.32 bits per heavy atom. The molecule has 0 amide bonds. The quantitative estimate of drug-likeness (QED) is 0.656. The third-order valence-electron chi connectivity index (χ3n) is 4.22. The first-order chi connectivity index (χ1) is 12.3. The zero-order valence-electron chi connectivity index (χ0n) is 13.7. The van der Waals surface area contributed by atoms with E-state index < -0.39 is 0 Å². The van der Waals surface area contributed by atoms with Crippen molar-refractivity contribution in [1.82, 2.24) is 0 Å². The monoisotopic (exact) mass is 346 g/mol. The number of fused-ring (bicyclic) bond motifs is 1. The van der Waals surface area contributed by atoms with Crippen molar-refractivity contribution in [2.24, 2.45) is 0 Å². The van der Waals surface area contributed by atoms with E-state index in [1.165, 1.54) is 11.3 Å². The largest absolute Gasteiger partial charge is 0.457 e. The predicted octanol–water partition coefficient (Wildman–Crippen LogP) is 5.24. The van der Waals surface area contributed by atoms with Gasteiger partial charge < -0.3 is 15.0 Å². The van der Waals surface area contributed by atoms with Gasteiger partial charge in [0.05, 0.1) is 0 Å². The molecule has 0 aromatic heterocycles. The summed E-state index contributed by atoms with van der Waals surface area (Å²) in [6, 6.07) is 26.0. The summed E-state index contributed by atoms with van der Waals surface area (Å²) in [5.41, 5.74) is 3.50. The first-order valence-electron chi connectivity index (χ1n) is 8.29. The van der Waals surface area contributed by atoms with Crippen LogP contribution in [0.15, 0.2) is 78.9 Å². The number of ether oxygens (including phenoxy) is 1. The van der Waals surface area contributed by atoms with Crippen LogP contribution in [0.1, 0.15) is 5.56 Å². The van der Waals surface area contributed by atoms with Gasteiger partial charge in [-0.05, 0) is 66.7 Å². The molecular weight excluding hydrogens is 328 g/mol. The van der Waals surface area contributed by atoms with E-state index in [1.807, 2.05) is 54.6 Å². The van der Waals surface area contributed by atoms with Crippen LogP contribution < -0.4 is 15.0 Å². The lowest BCUT2D eigenvalue weighted by atomic mass is 10.2. The summed E-state index contributed by atoms with van der Waals surface area (Å²) in [6.45, 7) is 0.917. The van der Waals surface area contributed by atoms with Gasteiger partial charge in [-0.25, -0.2) is 0 Å². The highest BCUT2D eigenvalue weighted by Crippen LogP contribution is 2.28. The molecule has 1 aliphatic rings. The fraction of sp³-hybridized carbons (Fsp3) is 0.0952. The summed E-state index contributed by atoms with van der Waals surface area (Å²) in [4.78, 5) is 2.15. The molecular formula is C21H18N2OS. The van der Waals surface area contributed by atoms with Gasteiger partial charge in [-0.3, -0.25) is 0 Å². The molecule has 0 unspecified atom stereocenters. The summed E-state index contributed by atoms with van der Waals surface area (Å²) >= 11 is 5.59. The maximum absolute atomic E-state index is 5.81. The molecule has 25 heavy (non-hydrogen) atoms. The highest BCUT2D eigenvalue weighted by Gasteiger charge is 2.21. The summed E-state index contributed by atoms with van der Waals surface area (Å²) in [6.07, 6.45) is 1.03. The molecule has 0 saturated carbocycles. The number of nitrogens with one attached hydrogen (secondary N) is 1. The van der Waals surface area contributed by atoms with Gasteiger partial charge in [-0.1, -0.05) is 36.4 Å². The van der Waals surface area contributed by atoms with Crippen LogP contribution in [0.5, 0.6) is 11.5 Å². The van der Waals surface area contributed by atoms with Gasteiger partial charge >= 0.3 is 0 Å². The molecule has 3 aromatic carbocycles. The maximum atomic E-state index is 5.81. The van der Waals surface area contributed by atoms with E-state index in [9.17, 15) is 0 Å². The molecule has 124 valence electrons. The van der Waals surface area contributed by atoms with E-state index in [-0.39, 0.29) is 0 Å². The fourth-order valence-corrected chi connectivity index (χ4v) is 3.28. The molecule has 4 rings (SSSR count). The van der Waals surface area contributed by atoms with E-state index >= 15 is 0 Å². The van der Waals surface area contributed by atoms with Crippen molar-refractivity contribution >= 4 is 28.7 Å². The summed E-state index contributed by atoms with van der Waals surface area (Å²) in [5, 5.41) is 4.04. The maximum Gasteiger partial charge on any atom is 0.177 e. The van der Waals surface area contributed by atoms with E-state index in [2.05, 4.69) is 34.5 Å². The standard InChI is InChI=1S/C21H18N2OS/c25-21(23-15-14-16-6-4-5-9-20(16)23)22-17-10-12-19(13-11-17)24-18-7-2-1-3-8-18/h1-13H,14-15H2,(H,22,25). The first-order valence-corrected chi connectivity index (χ1v) is 8.70. The van der Waals surface area contributed by atoms with Crippen molar-refractivity contribution in [3.8, 4) is 11.5 Å². The minimum absolute atomic E-state index is 0.724. The number of para-hydroxylation sites is 2. The first kappa shape index (κ1) is 15.7. The fourth-order valence-electron chi connectivity index (χ4n) is 2.97. The lowest BCUT2D eigenvalue weighted by Crippen LogP contribution is -2.33. The van der Waals surface area contributed by atoms with Crippen molar-refractivity contribution in [3.63, 3.8) is 0 Å². The number of nitrogens with zero attached hydrogens (tertiary/aromatic N) is 1. The highest BCUT2D eigenvalue weighted by molar-refractivity contribution is 7.80. The van der Waals surface area contributed by atoms with Gasteiger partial charge in [0, 0.05) is 17.9 Å². The molecule has 0 spiro atoms. The third kappa shape index (κ3) is 3.49. The minimum Gasteiger partial charge on any atom is -0.457 e. The topological polar surface area (TPSA) is 24.5 Å². The molecule has 0 atom stereocenters. The molecule has 4 heteroatoms. The second-order valence-corrected chi connectivity index (χ2v) is 6.29. The van der Waals surface area contributed by atoms with Gasteiger partial charge in [0.2, 0.25) is 0 Å². The average Bonchev–Trinajstić information content (AvgIpc) is 3.08. The Hall–Kier alpha value is -2.85. The Kier molecular flexibility index (Phi) is 4.36. The van der Waals surface area contributed by atoms with Crippen molar-refractivity contribution in [1.29, 1.82) is 0 Å². The van der Waals surface area contributed by atoms with E-state index in [4.69, 9.17) is 17.0 Å². The number of hydrogen-bond donors (Lipinski definition) is 1. The molecule has 3 aromatic rings. The number of benzene rings is 3. The van der Waals surface area contributed by atoms with Crippen LogP contribution in [0.4, 0.5) is 11.4 Å². The smallest absolute Gasteiger partial charge is 0.177 e. The van der Waals surface area contributed by atoms with Crippen LogP contribution in [0.25, 0.3) is 0 Å². The Labute approximate surface area is 152 Å². The Balaban J connectivity index is 1.42. The van der Waals surface area contributed by atoms with Crippen molar-refractivity contribution in [2.75, 3.05) is 16.8 Å². The zero-order valence-corrected chi connectivity index (χ0v) is 14.5. The Morgan fingerprint density at radius 2 is 1.52 bits per heavy atom. The van der Waals surface area contributed by atoms with E-state index in [1.54, 1.807) is 0 Å². The molecule has 0 bridgehead atoms. The zero-order chi connectivity index (χ0) is 17.1. The third-order valence-corrected chi connectivity index (χ3v) is 4.54. The van der Waals surface area contributed by atoms with Gasteiger partial charge in [-0.15, -0.1) is 0 Å². The number of hydrogen-bond acceptors (Lipinski definition) is 2. The molecule has 3 nitrogen and oxygen atoms in total. The molecule has 0 fully saturated rings. The minimum atomic E-state index is 0.724. The molecule has 0 aliphatic carbocycles. The normalized spacial score (nSPS) is 12.6. The summed E-state index contributed by atoms with van der Waals surface area (Å²) in [7, 11) is 0. The average molecular weight is 346 g/mol. The second kappa shape index (κ2) is 6.95. The predicted molar refractivity (Wildman–Crippen MR) is 107 cm³/mol. The van der Waals surface area contributed by atoms with Crippen molar-refractivity contribution in [3.05, 3.63) is 84.4 Å². The Bertz CT molecular complexity index is 878. The number of anilines is 2.